The molecule has 0 heterocycles. The Balaban J connectivity index is 2.19. The number of phenols is 1. The minimum atomic E-state index is -0.0783. The molecule has 0 radical (unpaired) electrons. The van der Waals surface area contributed by atoms with Crippen molar-refractivity contribution in [3.05, 3.63) is 29.8 Å². The average Bonchev–Trinajstić information content (AvgIpc) is 2.67. The van der Waals surface area contributed by atoms with Crippen LogP contribution in [-0.4, -0.2) is 17.7 Å². The van der Waals surface area contributed by atoms with Crippen LogP contribution in [0.15, 0.2) is 24.3 Å². The lowest BCUT2D eigenvalue weighted by Crippen LogP contribution is -2.20. The van der Waals surface area contributed by atoms with Gasteiger partial charge in [-0.1, -0.05) is 90.7 Å². The molecule has 0 fully saturated rings. The normalized spacial score (nSPS) is 12.3. The number of hydrogen-bond acceptors (Lipinski definition) is 3. The number of esters is 1. The molecular weight excluding hydrogens is 348 g/mol. The second kappa shape index (κ2) is 15.4. The summed E-state index contributed by atoms with van der Waals surface area (Å²) in [5.74, 6) is 0.946. The SMILES string of the molecule is CCCCC(Cc1ccc(O)cc1)C(=O)OCCCCCCCCCC(C)C. The molecule has 0 spiro atoms. The first-order chi connectivity index (χ1) is 13.5. The minimum absolute atomic E-state index is 0.0600. The highest BCUT2D eigenvalue weighted by atomic mass is 16.5. The van der Waals surface area contributed by atoms with E-state index < -0.39 is 0 Å². The first kappa shape index (κ1) is 24.5. The number of ether oxygens (including phenoxy) is 1. The van der Waals surface area contributed by atoms with Crippen molar-refractivity contribution in [2.45, 2.75) is 97.8 Å². The van der Waals surface area contributed by atoms with Crippen LogP contribution in [0.2, 0.25) is 0 Å². The van der Waals surface area contributed by atoms with Gasteiger partial charge in [0.2, 0.25) is 0 Å². The highest BCUT2D eigenvalue weighted by molar-refractivity contribution is 5.72. The van der Waals surface area contributed by atoms with Crippen molar-refractivity contribution in [3.8, 4) is 5.75 Å². The zero-order chi connectivity index (χ0) is 20.6. The zero-order valence-electron chi connectivity index (χ0n) is 18.4. The van der Waals surface area contributed by atoms with E-state index in [4.69, 9.17) is 4.74 Å². The fourth-order valence-corrected chi connectivity index (χ4v) is 3.50. The van der Waals surface area contributed by atoms with Crippen molar-refractivity contribution in [1.82, 2.24) is 0 Å². The van der Waals surface area contributed by atoms with E-state index in [1.54, 1.807) is 12.1 Å². The Bertz CT molecular complexity index is 507. The summed E-state index contributed by atoms with van der Waals surface area (Å²) in [5.41, 5.74) is 1.08. The quantitative estimate of drug-likeness (QED) is 0.243. The molecule has 1 aromatic carbocycles. The van der Waals surface area contributed by atoms with Gasteiger partial charge >= 0.3 is 5.97 Å². The first-order valence-electron chi connectivity index (χ1n) is 11.5. The van der Waals surface area contributed by atoms with Crippen LogP contribution >= 0.6 is 0 Å². The highest BCUT2D eigenvalue weighted by Gasteiger charge is 2.20. The molecule has 0 saturated carbocycles. The molecule has 0 saturated heterocycles. The fraction of sp³-hybridized carbons (Fsp3) is 0.720. The number of benzene rings is 1. The lowest BCUT2D eigenvalue weighted by atomic mass is 9.94. The second-order valence-corrected chi connectivity index (χ2v) is 8.53. The Morgan fingerprint density at radius 1 is 0.893 bits per heavy atom. The minimum Gasteiger partial charge on any atom is -0.508 e. The van der Waals surface area contributed by atoms with Gasteiger partial charge in [0.15, 0.2) is 0 Å². The molecule has 0 amide bonds. The summed E-state index contributed by atoms with van der Waals surface area (Å²) in [7, 11) is 0. The monoisotopic (exact) mass is 390 g/mol. The Morgan fingerprint density at radius 2 is 1.50 bits per heavy atom. The van der Waals surface area contributed by atoms with Crippen LogP contribution in [0, 0.1) is 11.8 Å². The van der Waals surface area contributed by atoms with E-state index >= 15 is 0 Å². The zero-order valence-corrected chi connectivity index (χ0v) is 18.4. The smallest absolute Gasteiger partial charge is 0.309 e. The maximum atomic E-state index is 12.5. The standard InChI is InChI=1S/C25H42O3/c1-4-5-14-23(20-22-15-17-24(26)18-16-22)25(27)28-19-12-10-8-6-7-9-11-13-21(2)3/h15-18,21,23,26H,4-14,19-20H2,1-3H3. The molecule has 1 N–H and O–H groups in total. The fourth-order valence-electron chi connectivity index (χ4n) is 3.50. The summed E-state index contributed by atoms with van der Waals surface area (Å²) in [6, 6.07) is 7.15. The van der Waals surface area contributed by atoms with Gasteiger partial charge in [-0.25, -0.2) is 0 Å². The third-order valence-corrected chi connectivity index (χ3v) is 5.33. The van der Waals surface area contributed by atoms with Gasteiger partial charge in [0.1, 0.15) is 5.75 Å². The number of carbonyl (C=O) groups excluding carboxylic acids is 1. The van der Waals surface area contributed by atoms with E-state index in [0.29, 0.717) is 13.0 Å². The molecule has 0 bridgehead atoms. The molecule has 160 valence electrons. The van der Waals surface area contributed by atoms with E-state index in [0.717, 1.165) is 43.6 Å². The number of carbonyl (C=O) groups is 1. The molecule has 1 rings (SSSR count). The summed E-state index contributed by atoms with van der Waals surface area (Å²) in [6.45, 7) is 7.27. The number of rotatable bonds is 16. The van der Waals surface area contributed by atoms with Gasteiger partial charge in [-0.3, -0.25) is 4.79 Å². The van der Waals surface area contributed by atoms with E-state index in [-0.39, 0.29) is 17.6 Å². The van der Waals surface area contributed by atoms with Crippen molar-refractivity contribution in [2.75, 3.05) is 6.61 Å². The van der Waals surface area contributed by atoms with E-state index in [1.807, 2.05) is 12.1 Å². The van der Waals surface area contributed by atoms with Crippen LogP contribution in [0.5, 0.6) is 5.75 Å². The molecule has 0 aliphatic rings. The third kappa shape index (κ3) is 12.0. The van der Waals surface area contributed by atoms with E-state index in [1.165, 1.54) is 38.5 Å². The molecule has 1 atom stereocenters. The summed E-state index contributed by atoms with van der Waals surface area (Å²) in [5, 5.41) is 9.42. The van der Waals surface area contributed by atoms with Gasteiger partial charge in [0.25, 0.3) is 0 Å². The Morgan fingerprint density at radius 3 is 2.11 bits per heavy atom. The van der Waals surface area contributed by atoms with Crippen LogP contribution in [0.4, 0.5) is 0 Å². The van der Waals surface area contributed by atoms with Crippen LogP contribution in [-0.2, 0) is 16.0 Å². The second-order valence-electron chi connectivity index (χ2n) is 8.53. The van der Waals surface area contributed by atoms with E-state index in [9.17, 15) is 9.90 Å². The van der Waals surface area contributed by atoms with Crippen molar-refractivity contribution in [1.29, 1.82) is 0 Å². The largest absolute Gasteiger partial charge is 0.508 e. The Labute approximate surface area is 172 Å². The summed E-state index contributed by atoms with van der Waals surface area (Å²) >= 11 is 0. The summed E-state index contributed by atoms with van der Waals surface area (Å²) in [6.07, 6.45) is 13.7. The Kier molecular flexibility index (Phi) is 13.5. The van der Waals surface area contributed by atoms with Crippen molar-refractivity contribution >= 4 is 5.97 Å². The van der Waals surface area contributed by atoms with Crippen LogP contribution in [0.1, 0.15) is 97.0 Å². The summed E-state index contributed by atoms with van der Waals surface area (Å²) in [4.78, 5) is 12.5. The van der Waals surface area contributed by atoms with Gasteiger partial charge in [-0.05, 0) is 42.9 Å². The maximum absolute atomic E-state index is 12.5. The summed E-state index contributed by atoms with van der Waals surface area (Å²) < 4.78 is 5.58. The predicted molar refractivity (Wildman–Crippen MR) is 118 cm³/mol. The van der Waals surface area contributed by atoms with Crippen LogP contribution in [0.25, 0.3) is 0 Å². The van der Waals surface area contributed by atoms with E-state index in [2.05, 4.69) is 20.8 Å². The highest BCUT2D eigenvalue weighted by Crippen LogP contribution is 2.19. The van der Waals surface area contributed by atoms with Crippen molar-refractivity contribution < 1.29 is 14.6 Å². The molecule has 0 aliphatic heterocycles. The van der Waals surface area contributed by atoms with Crippen LogP contribution in [0.3, 0.4) is 0 Å². The van der Waals surface area contributed by atoms with Crippen molar-refractivity contribution in [3.63, 3.8) is 0 Å². The lowest BCUT2D eigenvalue weighted by molar-refractivity contribution is -0.149. The van der Waals surface area contributed by atoms with Gasteiger partial charge in [0, 0.05) is 0 Å². The molecule has 3 nitrogen and oxygen atoms in total. The third-order valence-electron chi connectivity index (χ3n) is 5.33. The molecule has 0 aromatic heterocycles. The van der Waals surface area contributed by atoms with Crippen molar-refractivity contribution in [2.24, 2.45) is 11.8 Å². The van der Waals surface area contributed by atoms with Gasteiger partial charge in [-0.15, -0.1) is 0 Å². The molecule has 0 aliphatic carbocycles. The number of phenolic OH excluding ortho intramolecular Hbond substituents is 1. The topological polar surface area (TPSA) is 46.5 Å². The number of aromatic hydroxyl groups is 1. The van der Waals surface area contributed by atoms with Gasteiger partial charge < -0.3 is 9.84 Å². The Hall–Kier alpha value is -1.51. The van der Waals surface area contributed by atoms with Crippen LogP contribution < -0.4 is 0 Å². The molecule has 28 heavy (non-hydrogen) atoms. The van der Waals surface area contributed by atoms with Gasteiger partial charge in [0.05, 0.1) is 12.5 Å². The lowest BCUT2D eigenvalue weighted by Gasteiger charge is -2.16. The molecule has 1 aromatic rings. The predicted octanol–water partition coefficient (Wildman–Crippen LogP) is 7.06. The first-order valence-corrected chi connectivity index (χ1v) is 11.5. The average molecular weight is 391 g/mol. The number of hydrogen-bond donors (Lipinski definition) is 1. The number of unbranched alkanes of at least 4 members (excludes halogenated alkanes) is 7. The molecular formula is C25H42O3. The maximum Gasteiger partial charge on any atom is 0.309 e. The van der Waals surface area contributed by atoms with Gasteiger partial charge in [-0.2, -0.15) is 0 Å². The molecule has 3 heteroatoms. The molecule has 1 unspecified atom stereocenters.